The Balaban J connectivity index is 1.52. The van der Waals surface area contributed by atoms with Gasteiger partial charge in [-0.3, -0.25) is 0 Å². The van der Waals surface area contributed by atoms with Gasteiger partial charge in [0.25, 0.3) is 0 Å². The molecule has 1 aromatic rings. The summed E-state index contributed by atoms with van der Waals surface area (Å²) in [6.45, 7) is 7.14. The first-order chi connectivity index (χ1) is 8.73. The van der Waals surface area contributed by atoms with E-state index in [1.165, 1.54) is 50.8 Å². The van der Waals surface area contributed by atoms with Crippen LogP contribution in [0, 0.1) is 11.3 Å². The number of unbranched alkanes of at least 4 members (excludes halogenated alkanes) is 1. The van der Waals surface area contributed by atoms with Crippen LogP contribution in [-0.4, -0.2) is 13.1 Å². The topological polar surface area (TPSA) is 12.0 Å². The van der Waals surface area contributed by atoms with Gasteiger partial charge in [-0.05, 0) is 55.5 Å². The average Bonchev–Trinajstić information content (AvgIpc) is 3.16. The summed E-state index contributed by atoms with van der Waals surface area (Å²) in [7, 11) is 0. The summed E-state index contributed by atoms with van der Waals surface area (Å²) in [6.07, 6.45) is 6.68. The molecule has 1 saturated carbocycles. The molecule has 0 atom stereocenters. The highest BCUT2D eigenvalue weighted by molar-refractivity contribution is 5.14. The fourth-order valence-electron chi connectivity index (χ4n) is 2.68. The molecule has 1 aliphatic rings. The standard InChI is InChI=1S/C17H27N/c1-15(2)17(11-12-17)14-18-13-7-6-10-16-8-4-3-5-9-16/h3-5,8-9,15,18H,6-7,10-14H2,1-2H3. The fraction of sp³-hybridized carbons (Fsp3) is 0.647. The molecule has 0 bridgehead atoms. The maximum atomic E-state index is 3.66. The van der Waals surface area contributed by atoms with Crippen molar-refractivity contribution in [1.29, 1.82) is 0 Å². The van der Waals surface area contributed by atoms with Crippen LogP contribution >= 0.6 is 0 Å². The summed E-state index contributed by atoms with van der Waals surface area (Å²) < 4.78 is 0. The second-order valence-corrected chi connectivity index (χ2v) is 6.14. The quantitative estimate of drug-likeness (QED) is 0.682. The third kappa shape index (κ3) is 3.84. The first-order valence-corrected chi connectivity index (χ1v) is 7.48. The molecule has 1 nitrogen and oxygen atoms in total. The molecule has 0 heterocycles. The summed E-state index contributed by atoms with van der Waals surface area (Å²) in [5.74, 6) is 0.842. The minimum atomic E-state index is 0.652. The molecule has 1 aliphatic carbocycles. The van der Waals surface area contributed by atoms with Crippen LogP contribution in [0.2, 0.25) is 0 Å². The lowest BCUT2D eigenvalue weighted by Gasteiger charge is -2.20. The van der Waals surface area contributed by atoms with Gasteiger partial charge in [0.05, 0.1) is 0 Å². The van der Waals surface area contributed by atoms with Crippen molar-refractivity contribution in [2.75, 3.05) is 13.1 Å². The van der Waals surface area contributed by atoms with E-state index >= 15 is 0 Å². The van der Waals surface area contributed by atoms with E-state index in [0.717, 1.165) is 5.92 Å². The molecule has 1 N–H and O–H groups in total. The molecule has 0 saturated heterocycles. The minimum Gasteiger partial charge on any atom is -0.316 e. The monoisotopic (exact) mass is 245 g/mol. The Bertz CT molecular complexity index is 338. The molecular formula is C17H27N. The number of benzene rings is 1. The zero-order chi connectivity index (χ0) is 12.8. The highest BCUT2D eigenvalue weighted by Crippen LogP contribution is 2.51. The van der Waals surface area contributed by atoms with Gasteiger partial charge >= 0.3 is 0 Å². The predicted molar refractivity (Wildman–Crippen MR) is 78.8 cm³/mol. The summed E-state index contributed by atoms with van der Waals surface area (Å²) >= 11 is 0. The van der Waals surface area contributed by atoms with Gasteiger partial charge in [-0.1, -0.05) is 44.2 Å². The Kier molecular flexibility index (Phi) is 4.82. The molecule has 0 unspecified atom stereocenters. The molecule has 1 fully saturated rings. The first-order valence-electron chi connectivity index (χ1n) is 7.48. The predicted octanol–water partition coefficient (Wildman–Crippen LogP) is 4.04. The zero-order valence-corrected chi connectivity index (χ0v) is 11.9. The maximum Gasteiger partial charge on any atom is 0.00103 e. The Morgan fingerprint density at radius 3 is 2.44 bits per heavy atom. The molecule has 100 valence electrons. The zero-order valence-electron chi connectivity index (χ0n) is 11.9. The van der Waals surface area contributed by atoms with Crippen molar-refractivity contribution in [3.05, 3.63) is 35.9 Å². The molecule has 1 aromatic carbocycles. The van der Waals surface area contributed by atoms with Gasteiger partial charge < -0.3 is 5.32 Å². The van der Waals surface area contributed by atoms with Crippen molar-refractivity contribution >= 4 is 0 Å². The summed E-state index contributed by atoms with van der Waals surface area (Å²) in [5, 5.41) is 3.66. The first kappa shape index (κ1) is 13.6. The third-order valence-electron chi connectivity index (χ3n) is 4.51. The Labute approximate surface area is 112 Å². The summed E-state index contributed by atoms with van der Waals surface area (Å²) in [4.78, 5) is 0. The van der Waals surface area contributed by atoms with Crippen LogP contribution in [0.4, 0.5) is 0 Å². The maximum absolute atomic E-state index is 3.66. The van der Waals surface area contributed by atoms with Crippen LogP contribution in [0.25, 0.3) is 0 Å². The number of rotatable bonds is 8. The number of hydrogen-bond donors (Lipinski definition) is 1. The van der Waals surface area contributed by atoms with Gasteiger partial charge in [-0.15, -0.1) is 0 Å². The normalized spacial score (nSPS) is 17.1. The lowest BCUT2D eigenvalue weighted by atomic mass is 9.92. The summed E-state index contributed by atoms with van der Waals surface area (Å²) in [5.41, 5.74) is 2.12. The van der Waals surface area contributed by atoms with E-state index in [2.05, 4.69) is 49.5 Å². The van der Waals surface area contributed by atoms with Crippen LogP contribution < -0.4 is 5.32 Å². The van der Waals surface area contributed by atoms with Crippen LogP contribution in [0.1, 0.15) is 45.1 Å². The van der Waals surface area contributed by atoms with Crippen molar-refractivity contribution in [1.82, 2.24) is 5.32 Å². The number of aryl methyl sites for hydroxylation is 1. The average molecular weight is 245 g/mol. The van der Waals surface area contributed by atoms with Gasteiger partial charge in [-0.2, -0.15) is 0 Å². The summed E-state index contributed by atoms with van der Waals surface area (Å²) in [6, 6.07) is 10.8. The van der Waals surface area contributed by atoms with Crippen LogP contribution in [0.3, 0.4) is 0 Å². The van der Waals surface area contributed by atoms with Gasteiger partial charge in [0.2, 0.25) is 0 Å². The van der Waals surface area contributed by atoms with E-state index in [-0.39, 0.29) is 0 Å². The molecule has 0 radical (unpaired) electrons. The third-order valence-corrected chi connectivity index (χ3v) is 4.51. The van der Waals surface area contributed by atoms with Gasteiger partial charge in [0.1, 0.15) is 0 Å². The Hall–Kier alpha value is -0.820. The van der Waals surface area contributed by atoms with Crippen molar-refractivity contribution < 1.29 is 0 Å². The molecule has 0 aromatic heterocycles. The molecule has 1 heteroatoms. The molecule has 18 heavy (non-hydrogen) atoms. The van der Waals surface area contributed by atoms with Crippen molar-refractivity contribution in [2.45, 2.75) is 46.0 Å². The van der Waals surface area contributed by atoms with E-state index in [0.29, 0.717) is 5.41 Å². The van der Waals surface area contributed by atoms with Gasteiger partial charge in [0, 0.05) is 6.54 Å². The lowest BCUT2D eigenvalue weighted by molar-refractivity contribution is 0.337. The number of hydrogen-bond acceptors (Lipinski definition) is 1. The van der Waals surface area contributed by atoms with E-state index in [1.54, 1.807) is 0 Å². The largest absolute Gasteiger partial charge is 0.316 e. The smallest absolute Gasteiger partial charge is 0.00103 e. The second kappa shape index (κ2) is 6.38. The molecule has 0 aliphatic heterocycles. The van der Waals surface area contributed by atoms with Crippen LogP contribution in [0.15, 0.2) is 30.3 Å². The Morgan fingerprint density at radius 2 is 1.83 bits per heavy atom. The van der Waals surface area contributed by atoms with E-state index in [1.807, 2.05) is 0 Å². The minimum absolute atomic E-state index is 0.652. The number of nitrogens with one attached hydrogen (secondary N) is 1. The van der Waals surface area contributed by atoms with Crippen LogP contribution in [0.5, 0.6) is 0 Å². The lowest BCUT2D eigenvalue weighted by Crippen LogP contribution is -2.28. The fourth-order valence-corrected chi connectivity index (χ4v) is 2.68. The second-order valence-electron chi connectivity index (χ2n) is 6.14. The molecule has 2 rings (SSSR count). The molecule has 0 spiro atoms. The Morgan fingerprint density at radius 1 is 1.11 bits per heavy atom. The van der Waals surface area contributed by atoms with Gasteiger partial charge in [0.15, 0.2) is 0 Å². The van der Waals surface area contributed by atoms with E-state index in [9.17, 15) is 0 Å². The van der Waals surface area contributed by atoms with Gasteiger partial charge in [-0.25, -0.2) is 0 Å². The van der Waals surface area contributed by atoms with Crippen LogP contribution in [-0.2, 0) is 6.42 Å². The van der Waals surface area contributed by atoms with Crippen molar-refractivity contribution in [3.8, 4) is 0 Å². The van der Waals surface area contributed by atoms with E-state index < -0.39 is 0 Å². The molecular weight excluding hydrogens is 218 g/mol. The highest BCUT2D eigenvalue weighted by Gasteiger charge is 2.44. The van der Waals surface area contributed by atoms with Crippen molar-refractivity contribution in [3.63, 3.8) is 0 Å². The molecule has 0 amide bonds. The highest BCUT2D eigenvalue weighted by atomic mass is 14.9. The van der Waals surface area contributed by atoms with Crippen molar-refractivity contribution in [2.24, 2.45) is 11.3 Å². The van der Waals surface area contributed by atoms with E-state index in [4.69, 9.17) is 0 Å². The SMILES string of the molecule is CC(C)C1(CNCCCCc2ccccc2)CC1.